The van der Waals surface area contributed by atoms with Crippen molar-refractivity contribution < 1.29 is 28.2 Å². The summed E-state index contributed by atoms with van der Waals surface area (Å²) in [5, 5.41) is 0.0765. The Labute approximate surface area is 174 Å². The maximum atomic E-state index is 11.7. The lowest BCUT2D eigenvalue weighted by Gasteiger charge is -2.38. The van der Waals surface area contributed by atoms with Crippen LogP contribution in [0.15, 0.2) is 24.3 Å². The first kappa shape index (κ1) is 22.4. The van der Waals surface area contributed by atoms with E-state index in [4.69, 9.17) is 23.4 Å². The smallest absolute Gasteiger partial charge is 0.192 e. The molecule has 0 spiro atoms. The number of rotatable bonds is 6. The van der Waals surface area contributed by atoms with Crippen molar-refractivity contribution >= 4 is 14.6 Å². The molecule has 0 bridgehead atoms. The Morgan fingerprint density at radius 1 is 1.10 bits per heavy atom. The molecular formula is C22H34O6Si. The largest absolute Gasteiger partial charge is 0.497 e. The Kier molecular flexibility index (Phi) is 6.85. The summed E-state index contributed by atoms with van der Waals surface area (Å²) in [7, 11) is -0.358. The van der Waals surface area contributed by atoms with Crippen molar-refractivity contribution in [2.45, 2.75) is 82.5 Å². The van der Waals surface area contributed by atoms with Crippen LogP contribution in [0.3, 0.4) is 0 Å². The third-order valence-corrected chi connectivity index (χ3v) is 10.8. The summed E-state index contributed by atoms with van der Waals surface area (Å²) >= 11 is 0. The van der Waals surface area contributed by atoms with Crippen LogP contribution < -0.4 is 4.74 Å². The zero-order valence-electron chi connectivity index (χ0n) is 18.3. The molecule has 0 unspecified atom stereocenters. The Balaban J connectivity index is 1.66. The first-order valence-electron chi connectivity index (χ1n) is 10.3. The van der Waals surface area contributed by atoms with Gasteiger partial charge in [0.1, 0.15) is 11.9 Å². The van der Waals surface area contributed by atoms with E-state index >= 15 is 0 Å². The zero-order valence-corrected chi connectivity index (χ0v) is 19.3. The summed E-state index contributed by atoms with van der Waals surface area (Å²) in [6.07, 6.45) is 0.752. The minimum absolute atomic E-state index is 0.0765. The molecule has 3 rings (SSSR count). The Morgan fingerprint density at radius 3 is 2.38 bits per heavy atom. The van der Waals surface area contributed by atoms with Gasteiger partial charge in [-0.05, 0) is 36.7 Å². The van der Waals surface area contributed by atoms with Crippen LogP contribution in [0.4, 0.5) is 0 Å². The van der Waals surface area contributed by atoms with Gasteiger partial charge in [-0.25, -0.2) is 0 Å². The minimum Gasteiger partial charge on any atom is -0.497 e. The van der Waals surface area contributed by atoms with E-state index < -0.39 is 20.7 Å². The first-order chi connectivity index (χ1) is 13.6. The van der Waals surface area contributed by atoms with Crippen LogP contribution in [-0.2, 0) is 23.4 Å². The number of benzene rings is 1. The molecule has 5 atom stereocenters. The molecule has 29 heavy (non-hydrogen) atoms. The fourth-order valence-corrected chi connectivity index (χ4v) is 4.85. The van der Waals surface area contributed by atoms with Gasteiger partial charge in [0, 0.05) is 12.0 Å². The lowest BCUT2D eigenvalue weighted by atomic mass is 10.0. The van der Waals surface area contributed by atoms with Gasteiger partial charge in [-0.15, -0.1) is 0 Å². The lowest BCUT2D eigenvalue weighted by molar-refractivity contribution is -0.240. The lowest BCUT2D eigenvalue weighted by Crippen LogP contribution is -2.46. The van der Waals surface area contributed by atoms with Gasteiger partial charge < -0.3 is 28.2 Å². The molecule has 6 nitrogen and oxygen atoms in total. The molecule has 0 N–H and O–H groups in total. The molecule has 1 aromatic rings. The predicted molar refractivity (Wildman–Crippen MR) is 113 cm³/mol. The quantitative estimate of drug-likeness (QED) is 0.505. The molecule has 2 heterocycles. The average molecular weight is 423 g/mol. The van der Waals surface area contributed by atoms with E-state index in [1.54, 1.807) is 7.11 Å². The van der Waals surface area contributed by atoms with E-state index in [1.807, 2.05) is 24.3 Å². The van der Waals surface area contributed by atoms with E-state index in [1.165, 1.54) is 0 Å². The van der Waals surface area contributed by atoms with Gasteiger partial charge in [-0.2, -0.15) is 0 Å². The Hall–Kier alpha value is -1.25. The molecule has 0 radical (unpaired) electrons. The van der Waals surface area contributed by atoms with Gasteiger partial charge in [0.25, 0.3) is 0 Å². The number of carbonyl (C=O) groups is 1. The molecule has 0 aromatic heterocycles. The maximum Gasteiger partial charge on any atom is 0.192 e. The molecule has 162 valence electrons. The molecule has 0 saturated carbocycles. The van der Waals surface area contributed by atoms with Gasteiger partial charge in [0.2, 0.25) is 0 Å². The van der Waals surface area contributed by atoms with Gasteiger partial charge in [0.05, 0.1) is 32.0 Å². The van der Waals surface area contributed by atoms with Crippen LogP contribution in [0.2, 0.25) is 18.1 Å². The molecule has 0 amide bonds. The maximum absolute atomic E-state index is 11.7. The number of methoxy groups -OCH3 is 1. The topological polar surface area (TPSA) is 63.2 Å². The molecule has 1 aromatic carbocycles. The van der Waals surface area contributed by atoms with Crippen molar-refractivity contribution in [3.63, 3.8) is 0 Å². The normalized spacial score (nSPS) is 30.9. The fraction of sp³-hybridized carbons (Fsp3) is 0.682. The van der Waals surface area contributed by atoms with E-state index in [9.17, 15) is 4.79 Å². The highest BCUT2D eigenvalue weighted by Gasteiger charge is 2.47. The zero-order chi connectivity index (χ0) is 21.2. The van der Waals surface area contributed by atoms with Crippen molar-refractivity contribution in [3.05, 3.63) is 29.8 Å². The first-order valence-corrected chi connectivity index (χ1v) is 13.2. The molecule has 2 fully saturated rings. The Bertz CT molecular complexity index is 684. The van der Waals surface area contributed by atoms with Crippen molar-refractivity contribution in [1.29, 1.82) is 0 Å². The number of ether oxygens (including phenoxy) is 4. The number of hydrogen-bond acceptors (Lipinski definition) is 6. The van der Waals surface area contributed by atoms with Crippen LogP contribution in [0.1, 0.15) is 45.5 Å². The average Bonchev–Trinajstić information content (AvgIpc) is 3.09. The monoisotopic (exact) mass is 422 g/mol. The van der Waals surface area contributed by atoms with Gasteiger partial charge in [0.15, 0.2) is 20.9 Å². The third kappa shape index (κ3) is 5.09. The second-order valence-electron chi connectivity index (χ2n) is 9.37. The van der Waals surface area contributed by atoms with Crippen molar-refractivity contribution in [2.24, 2.45) is 0 Å². The standard InChI is InChI=1S/C22H34O6Si/c1-22(2,3)29(5,6)28-19-13-18(26-20(19)14-23)17-11-12-25-21(27-17)15-7-9-16(24-4)10-8-15/h7-10,14,17-21H,11-13H2,1-6H3/t17-,18-,19-,20+,21-/m0/s1. The van der Waals surface area contributed by atoms with E-state index in [0.29, 0.717) is 13.0 Å². The van der Waals surface area contributed by atoms with E-state index in [0.717, 1.165) is 24.0 Å². The summed E-state index contributed by atoms with van der Waals surface area (Å²) in [4.78, 5) is 11.7. The SMILES string of the molecule is COc1ccc([C@H]2OCC[C@@H]([C@@H]3C[C@H](O[Si](C)(C)C(C)(C)C)[C@@H](C=O)O3)O2)cc1. The third-order valence-electron chi connectivity index (χ3n) is 6.32. The summed E-state index contributed by atoms with van der Waals surface area (Å²) in [6, 6.07) is 7.67. The second-order valence-corrected chi connectivity index (χ2v) is 14.1. The summed E-state index contributed by atoms with van der Waals surface area (Å²) in [5.74, 6) is 0.791. The van der Waals surface area contributed by atoms with Crippen molar-refractivity contribution in [2.75, 3.05) is 13.7 Å². The summed E-state index contributed by atoms with van der Waals surface area (Å²) in [6.45, 7) is 11.6. The molecule has 7 heteroatoms. The van der Waals surface area contributed by atoms with Gasteiger partial charge in [-0.1, -0.05) is 32.9 Å². The molecule has 2 saturated heterocycles. The number of hydrogen-bond donors (Lipinski definition) is 0. The van der Waals surface area contributed by atoms with Crippen molar-refractivity contribution in [3.8, 4) is 5.75 Å². The van der Waals surface area contributed by atoms with E-state index in [-0.39, 0.29) is 23.4 Å². The minimum atomic E-state index is -2.00. The van der Waals surface area contributed by atoms with Crippen LogP contribution in [0, 0.1) is 0 Å². The van der Waals surface area contributed by atoms with Crippen molar-refractivity contribution in [1.82, 2.24) is 0 Å². The highest BCUT2D eigenvalue weighted by molar-refractivity contribution is 6.74. The van der Waals surface area contributed by atoms with Crippen LogP contribution in [-0.4, -0.2) is 52.7 Å². The Morgan fingerprint density at radius 2 is 1.79 bits per heavy atom. The van der Waals surface area contributed by atoms with Crippen LogP contribution in [0.5, 0.6) is 5.75 Å². The summed E-state index contributed by atoms with van der Waals surface area (Å²) < 4.78 is 29.8. The fourth-order valence-electron chi connectivity index (χ4n) is 3.50. The molecule has 0 aliphatic carbocycles. The van der Waals surface area contributed by atoms with Gasteiger partial charge >= 0.3 is 0 Å². The molecule has 2 aliphatic rings. The summed E-state index contributed by atoms with van der Waals surface area (Å²) in [5.41, 5.74) is 0.939. The highest BCUT2D eigenvalue weighted by atomic mass is 28.4. The highest BCUT2D eigenvalue weighted by Crippen LogP contribution is 2.41. The number of carbonyl (C=O) groups excluding carboxylic acids is 1. The van der Waals surface area contributed by atoms with Gasteiger partial charge in [-0.3, -0.25) is 0 Å². The molecule has 2 aliphatic heterocycles. The van der Waals surface area contributed by atoms with Crippen LogP contribution in [0.25, 0.3) is 0 Å². The second kappa shape index (κ2) is 8.86. The number of aldehydes is 1. The molecular weight excluding hydrogens is 388 g/mol. The predicted octanol–water partition coefficient (Wildman–Crippen LogP) is 4.25. The van der Waals surface area contributed by atoms with Crippen LogP contribution >= 0.6 is 0 Å². The van der Waals surface area contributed by atoms with E-state index in [2.05, 4.69) is 33.9 Å².